The van der Waals surface area contributed by atoms with Crippen molar-refractivity contribution in [2.24, 2.45) is 0 Å². The lowest BCUT2D eigenvalue weighted by atomic mass is 10.1. The minimum absolute atomic E-state index is 0.0573. The fourth-order valence-corrected chi connectivity index (χ4v) is 1.36. The molecule has 0 radical (unpaired) electrons. The lowest BCUT2D eigenvalue weighted by molar-refractivity contribution is -0.140. The van der Waals surface area contributed by atoms with Gasteiger partial charge in [0.2, 0.25) is 0 Å². The first-order chi connectivity index (χ1) is 8.70. The van der Waals surface area contributed by atoms with Crippen LogP contribution in [0.4, 0.5) is 23.2 Å². The maximum Gasteiger partial charge on any atom is 0.419 e. The van der Waals surface area contributed by atoms with Gasteiger partial charge in [-0.25, -0.2) is 4.39 Å². The first-order valence-electron chi connectivity index (χ1n) is 5.20. The first kappa shape index (κ1) is 15.2. The smallest absolute Gasteiger partial charge is 0.419 e. The number of anilines is 1. The summed E-state index contributed by atoms with van der Waals surface area (Å²) in [5, 5.41) is 20.0. The summed E-state index contributed by atoms with van der Waals surface area (Å²) >= 11 is 0. The highest BCUT2D eigenvalue weighted by Crippen LogP contribution is 2.32. The molecule has 4 nitrogen and oxygen atoms in total. The molecular formula is C11H11F4NO3. The van der Waals surface area contributed by atoms with Gasteiger partial charge in [-0.3, -0.25) is 4.79 Å². The Hall–Kier alpha value is -1.83. The van der Waals surface area contributed by atoms with Crippen molar-refractivity contribution < 1.29 is 32.6 Å². The summed E-state index contributed by atoms with van der Waals surface area (Å²) in [4.78, 5) is 10.3. The molecule has 0 saturated carbocycles. The van der Waals surface area contributed by atoms with Crippen LogP contribution in [0.1, 0.15) is 12.0 Å². The van der Waals surface area contributed by atoms with Crippen molar-refractivity contribution in [3.05, 3.63) is 29.6 Å². The number of carboxylic acids is 1. The Morgan fingerprint density at radius 2 is 2.00 bits per heavy atom. The lowest BCUT2D eigenvalue weighted by Crippen LogP contribution is -2.22. The van der Waals surface area contributed by atoms with E-state index in [2.05, 4.69) is 5.32 Å². The zero-order valence-electron chi connectivity index (χ0n) is 9.54. The molecule has 19 heavy (non-hydrogen) atoms. The fourth-order valence-electron chi connectivity index (χ4n) is 1.36. The number of benzene rings is 1. The third-order valence-electron chi connectivity index (χ3n) is 2.22. The highest BCUT2D eigenvalue weighted by Gasteiger charge is 2.34. The fraction of sp³-hybridized carbons (Fsp3) is 0.364. The van der Waals surface area contributed by atoms with E-state index in [0.29, 0.717) is 12.1 Å². The monoisotopic (exact) mass is 281 g/mol. The summed E-state index contributed by atoms with van der Waals surface area (Å²) in [7, 11) is 0. The number of alkyl halides is 3. The molecule has 0 amide bonds. The van der Waals surface area contributed by atoms with E-state index in [1.165, 1.54) is 0 Å². The average molecular weight is 281 g/mol. The summed E-state index contributed by atoms with van der Waals surface area (Å²) in [6, 6.07) is 2.27. The van der Waals surface area contributed by atoms with Gasteiger partial charge in [0.1, 0.15) is 5.82 Å². The van der Waals surface area contributed by atoms with Gasteiger partial charge in [0.25, 0.3) is 0 Å². The standard InChI is InChI=1S/C11H11F4NO3/c12-9-2-1-6(3-8(9)11(13,14)15)16-5-7(17)4-10(18)19/h1-3,7,16-17H,4-5H2,(H,18,19). The normalized spacial score (nSPS) is 13.1. The second-order valence-corrected chi connectivity index (χ2v) is 3.82. The van der Waals surface area contributed by atoms with E-state index >= 15 is 0 Å². The number of aliphatic hydroxyl groups is 1. The van der Waals surface area contributed by atoms with Crippen LogP contribution in [0, 0.1) is 5.82 Å². The van der Waals surface area contributed by atoms with E-state index in [9.17, 15) is 27.5 Å². The Labute approximate surface area is 105 Å². The molecule has 1 unspecified atom stereocenters. The second-order valence-electron chi connectivity index (χ2n) is 3.82. The van der Waals surface area contributed by atoms with Crippen molar-refractivity contribution in [2.45, 2.75) is 18.7 Å². The minimum Gasteiger partial charge on any atom is -0.481 e. The van der Waals surface area contributed by atoms with Crippen LogP contribution in [0.3, 0.4) is 0 Å². The van der Waals surface area contributed by atoms with Gasteiger partial charge in [0, 0.05) is 12.2 Å². The van der Waals surface area contributed by atoms with Crippen molar-refractivity contribution in [3.63, 3.8) is 0 Å². The quantitative estimate of drug-likeness (QED) is 0.723. The van der Waals surface area contributed by atoms with Crippen LogP contribution in [0.2, 0.25) is 0 Å². The maximum absolute atomic E-state index is 13.0. The van der Waals surface area contributed by atoms with Gasteiger partial charge in [0.05, 0.1) is 18.1 Å². The van der Waals surface area contributed by atoms with Crippen molar-refractivity contribution in [2.75, 3.05) is 11.9 Å². The highest BCUT2D eigenvalue weighted by atomic mass is 19.4. The molecule has 0 bridgehead atoms. The Morgan fingerprint density at radius 1 is 1.37 bits per heavy atom. The Balaban J connectivity index is 2.73. The van der Waals surface area contributed by atoms with E-state index in [0.717, 1.165) is 6.07 Å². The number of aliphatic carboxylic acids is 1. The summed E-state index contributed by atoms with van der Waals surface area (Å²) in [5.41, 5.74) is -1.48. The third-order valence-corrected chi connectivity index (χ3v) is 2.22. The van der Waals surface area contributed by atoms with E-state index in [1.54, 1.807) is 0 Å². The number of aliphatic hydroxyl groups excluding tert-OH is 1. The summed E-state index contributed by atoms with van der Waals surface area (Å²) in [6.45, 7) is -0.255. The molecule has 1 rings (SSSR count). The number of rotatable bonds is 5. The number of nitrogens with one attached hydrogen (secondary N) is 1. The largest absolute Gasteiger partial charge is 0.481 e. The number of hydrogen-bond donors (Lipinski definition) is 3. The molecule has 0 aromatic heterocycles. The van der Waals surface area contributed by atoms with Crippen LogP contribution in [0.15, 0.2) is 18.2 Å². The first-order valence-corrected chi connectivity index (χ1v) is 5.20. The van der Waals surface area contributed by atoms with E-state index in [1.807, 2.05) is 0 Å². The Kier molecular flexibility index (Phi) is 4.71. The van der Waals surface area contributed by atoms with Gasteiger partial charge in [-0.05, 0) is 18.2 Å². The van der Waals surface area contributed by atoms with Gasteiger partial charge in [-0.15, -0.1) is 0 Å². The predicted octanol–water partition coefficient (Wildman–Crippen LogP) is 2.09. The molecule has 1 aromatic carbocycles. The molecular weight excluding hydrogens is 270 g/mol. The zero-order valence-corrected chi connectivity index (χ0v) is 9.54. The molecule has 0 fully saturated rings. The number of hydrogen-bond acceptors (Lipinski definition) is 3. The Morgan fingerprint density at radius 3 is 2.53 bits per heavy atom. The van der Waals surface area contributed by atoms with Gasteiger partial charge in [-0.1, -0.05) is 0 Å². The molecule has 0 aliphatic heterocycles. The Bertz CT molecular complexity index is 462. The molecule has 8 heteroatoms. The molecule has 0 saturated heterocycles. The summed E-state index contributed by atoms with van der Waals surface area (Å²) in [6.07, 6.45) is -6.61. The van der Waals surface area contributed by atoms with Crippen LogP contribution in [-0.4, -0.2) is 28.8 Å². The predicted molar refractivity (Wildman–Crippen MR) is 58.2 cm³/mol. The molecule has 0 heterocycles. The summed E-state index contributed by atoms with van der Waals surface area (Å²) < 4.78 is 50.2. The second kappa shape index (κ2) is 5.87. The van der Waals surface area contributed by atoms with Gasteiger partial charge in [0.15, 0.2) is 0 Å². The maximum atomic E-state index is 13.0. The number of carbonyl (C=O) groups is 1. The van der Waals surface area contributed by atoms with Crippen LogP contribution < -0.4 is 5.32 Å². The van der Waals surface area contributed by atoms with Crippen molar-refractivity contribution >= 4 is 11.7 Å². The highest BCUT2D eigenvalue weighted by molar-refractivity contribution is 5.67. The van der Waals surface area contributed by atoms with Crippen molar-refractivity contribution in [1.29, 1.82) is 0 Å². The van der Waals surface area contributed by atoms with Crippen LogP contribution in [0.25, 0.3) is 0 Å². The molecule has 1 atom stereocenters. The molecule has 0 spiro atoms. The molecule has 106 valence electrons. The topological polar surface area (TPSA) is 69.6 Å². The lowest BCUT2D eigenvalue weighted by Gasteiger charge is -2.13. The third kappa shape index (κ3) is 4.74. The zero-order chi connectivity index (χ0) is 14.6. The molecule has 0 aliphatic rings. The van der Waals surface area contributed by atoms with Gasteiger partial charge in [-0.2, -0.15) is 13.2 Å². The molecule has 0 aliphatic carbocycles. The number of carboxylic acid groups (broad SMARTS) is 1. The van der Waals surface area contributed by atoms with Crippen LogP contribution in [-0.2, 0) is 11.0 Å². The molecule has 1 aromatic rings. The van der Waals surface area contributed by atoms with Crippen molar-refractivity contribution in [3.8, 4) is 0 Å². The minimum atomic E-state index is -4.82. The van der Waals surface area contributed by atoms with E-state index in [4.69, 9.17) is 5.11 Å². The van der Waals surface area contributed by atoms with E-state index < -0.39 is 36.1 Å². The van der Waals surface area contributed by atoms with Crippen LogP contribution in [0.5, 0.6) is 0 Å². The van der Waals surface area contributed by atoms with Gasteiger partial charge < -0.3 is 15.5 Å². The summed E-state index contributed by atoms with van der Waals surface area (Å²) in [5.74, 6) is -2.63. The van der Waals surface area contributed by atoms with Crippen molar-refractivity contribution in [1.82, 2.24) is 0 Å². The SMILES string of the molecule is O=C(O)CC(O)CNc1ccc(F)c(C(F)(F)F)c1. The number of halogens is 4. The molecule has 3 N–H and O–H groups in total. The van der Waals surface area contributed by atoms with Crippen LogP contribution >= 0.6 is 0 Å². The van der Waals surface area contributed by atoms with Gasteiger partial charge >= 0.3 is 12.1 Å². The van der Waals surface area contributed by atoms with E-state index in [-0.39, 0.29) is 12.2 Å². The average Bonchev–Trinajstić information content (AvgIpc) is 2.25.